The van der Waals surface area contributed by atoms with Crippen molar-refractivity contribution in [2.24, 2.45) is 5.92 Å². The molecule has 0 aromatic heterocycles. The van der Waals surface area contributed by atoms with Crippen LogP contribution < -0.4 is 5.32 Å². The summed E-state index contributed by atoms with van der Waals surface area (Å²) in [5.74, 6) is -0.0830. The highest BCUT2D eigenvalue weighted by Crippen LogP contribution is 2.29. The Kier molecular flexibility index (Phi) is 3.93. The van der Waals surface area contributed by atoms with Gasteiger partial charge in [0.15, 0.2) is 0 Å². The third-order valence-electron chi connectivity index (χ3n) is 3.14. The van der Waals surface area contributed by atoms with E-state index in [1.165, 1.54) is 6.07 Å². The van der Waals surface area contributed by atoms with Crippen LogP contribution in [0.4, 0.5) is 5.69 Å². The normalized spacial score (nSPS) is 19.8. The maximum atomic E-state index is 11.7. The van der Waals surface area contributed by atoms with E-state index in [1.807, 2.05) is 0 Å². The minimum atomic E-state index is -0.456. The van der Waals surface area contributed by atoms with E-state index in [9.17, 15) is 14.9 Å². The third kappa shape index (κ3) is 2.68. The molecule has 1 unspecified atom stereocenters. The molecule has 1 saturated heterocycles. The van der Waals surface area contributed by atoms with Crippen LogP contribution in [0.5, 0.6) is 0 Å². The molecular formula is C12H13ClN2O3. The molecule has 0 radical (unpaired) electrons. The number of nitrogens with zero attached hydrogens (tertiary/aromatic N) is 1. The topological polar surface area (TPSA) is 72.2 Å². The van der Waals surface area contributed by atoms with Crippen molar-refractivity contribution in [3.05, 3.63) is 38.9 Å². The first-order valence-corrected chi connectivity index (χ1v) is 6.12. The van der Waals surface area contributed by atoms with Crippen molar-refractivity contribution in [2.75, 3.05) is 13.1 Å². The number of carbonyl (C=O) groups is 1. The summed E-state index contributed by atoms with van der Waals surface area (Å²) < 4.78 is 0. The van der Waals surface area contributed by atoms with Crippen molar-refractivity contribution in [3.63, 3.8) is 0 Å². The van der Waals surface area contributed by atoms with Crippen molar-refractivity contribution in [2.45, 2.75) is 12.8 Å². The second-order valence-electron chi connectivity index (χ2n) is 4.32. The van der Waals surface area contributed by atoms with Gasteiger partial charge in [0.2, 0.25) is 0 Å². The van der Waals surface area contributed by atoms with Gasteiger partial charge in [-0.2, -0.15) is 0 Å². The average molecular weight is 269 g/mol. The lowest BCUT2D eigenvalue weighted by molar-refractivity contribution is -0.385. The summed E-state index contributed by atoms with van der Waals surface area (Å²) in [5.41, 5.74) is 0.437. The predicted octanol–water partition coefficient (Wildman–Crippen LogP) is 1.97. The van der Waals surface area contributed by atoms with Gasteiger partial charge in [0.1, 0.15) is 5.78 Å². The Labute approximate surface area is 109 Å². The maximum absolute atomic E-state index is 11.7. The van der Waals surface area contributed by atoms with Gasteiger partial charge in [0.05, 0.1) is 9.95 Å². The van der Waals surface area contributed by atoms with Crippen LogP contribution in [0.2, 0.25) is 5.02 Å². The molecule has 0 saturated carbocycles. The second-order valence-corrected chi connectivity index (χ2v) is 4.72. The number of carbonyl (C=O) groups excluding carboxylic acids is 1. The highest BCUT2D eigenvalue weighted by molar-refractivity contribution is 6.31. The standard InChI is InChI=1S/C12H13ClN2O3/c13-10-2-1-3-11(15(17)18)9(10)6-8-7-14-5-4-12(8)16/h1-3,8,14H,4-7H2. The van der Waals surface area contributed by atoms with Crippen LogP contribution in [0.1, 0.15) is 12.0 Å². The molecule has 18 heavy (non-hydrogen) atoms. The van der Waals surface area contributed by atoms with Gasteiger partial charge in [-0.25, -0.2) is 0 Å². The minimum Gasteiger partial charge on any atom is -0.316 e. The Balaban J connectivity index is 2.27. The molecule has 5 nitrogen and oxygen atoms in total. The van der Waals surface area contributed by atoms with Crippen LogP contribution >= 0.6 is 11.6 Å². The Morgan fingerprint density at radius 1 is 1.50 bits per heavy atom. The Morgan fingerprint density at radius 2 is 2.28 bits per heavy atom. The van der Waals surface area contributed by atoms with Gasteiger partial charge in [0, 0.05) is 37.1 Å². The largest absolute Gasteiger partial charge is 0.316 e. The predicted molar refractivity (Wildman–Crippen MR) is 67.8 cm³/mol. The molecule has 1 atom stereocenters. The zero-order valence-electron chi connectivity index (χ0n) is 9.69. The van der Waals surface area contributed by atoms with Crippen molar-refractivity contribution >= 4 is 23.1 Å². The smallest absolute Gasteiger partial charge is 0.274 e. The van der Waals surface area contributed by atoms with Gasteiger partial charge in [0.25, 0.3) is 5.69 Å². The highest BCUT2D eigenvalue weighted by Gasteiger charge is 2.26. The number of hydrogen-bond donors (Lipinski definition) is 1. The highest BCUT2D eigenvalue weighted by atomic mass is 35.5. The van der Waals surface area contributed by atoms with E-state index in [0.717, 1.165) is 0 Å². The molecule has 0 aliphatic carbocycles. The molecule has 1 aliphatic rings. The maximum Gasteiger partial charge on any atom is 0.274 e. The number of nitrogens with one attached hydrogen (secondary N) is 1. The molecule has 6 heteroatoms. The summed E-state index contributed by atoms with van der Waals surface area (Å²) in [6.07, 6.45) is 0.796. The second kappa shape index (κ2) is 5.46. The van der Waals surface area contributed by atoms with Crippen LogP contribution in [0, 0.1) is 16.0 Å². The van der Waals surface area contributed by atoms with E-state index in [-0.39, 0.29) is 17.4 Å². The lowest BCUT2D eigenvalue weighted by atomic mass is 9.90. The van der Waals surface area contributed by atoms with Gasteiger partial charge in [-0.15, -0.1) is 0 Å². The van der Waals surface area contributed by atoms with E-state index >= 15 is 0 Å². The Bertz CT molecular complexity index is 490. The molecule has 2 rings (SSSR count). The molecule has 1 aliphatic heterocycles. The molecule has 0 amide bonds. The number of hydrogen-bond acceptors (Lipinski definition) is 4. The van der Waals surface area contributed by atoms with Gasteiger partial charge in [-0.05, 0) is 12.5 Å². The molecule has 96 valence electrons. The monoisotopic (exact) mass is 268 g/mol. The molecule has 1 heterocycles. The van der Waals surface area contributed by atoms with Crippen LogP contribution in [-0.4, -0.2) is 23.8 Å². The summed E-state index contributed by atoms with van der Waals surface area (Å²) in [4.78, 5) is 22.2. The average Bonchev–Trinajstić information content (AvgIpc) is 2.34. The van der Waals surface area contributed by atoms with Crippen LogP contribution in [0.15, 0.2) is 18.2 Å². The summed E-state index contributed by atoms with van der Waals surface area (Å²) in [6, 6.07) is 4.58. The van der Waals surface area contributed by atoms with Crippen LogP contribution in [0.3, 0.4) is 0 Å². The quantitative estimate of drug-likeness (QED) is 0.672. The summed E-state index contributed by atoms with van der Waals surface area (Å²) in [7, 11) is 0. The summed E-state index contributed by atoms with van der Waals surface area (Å²) in [6.45, 7) is 1.24. The van der Waals surface area contributed by atoms with Gasteiger partial charge in [-0.1, -0.05) is 17.7 Å². The molecule has 1 N–H and O–H groups in total. The van der Waals surface area contributed by atoms with Gasteiger partial charge >= 0.3 is 0 Å². The fourth-order valence-corrected chi connectivity index (χ4v) is 2.41. The number of halogens is 1. The number of nitro groups is 1. The Hall–Kier alpha value is -1.46. The zero-order chi connectivity index (χ0) is 13.1. The van der Waals surface area contributed by atoms with E-state index < -0.39 is 4.92 Å². The first kappa shape index (κ1) is 13.0. The van der Waals surface area contributed by atoms with E-state index in [0.29, 0.717) is 36.5 Å². The van der Waals surface area contributed by atoms with Crippen molar-refractivity contribution in [3.8, 4) is 0 Å². The first-order valence-electron chi connectivity index (χ1n) is 5.75. The molecule has 1 aromatic rings. The fourth-order valence-electron chi connectivity index (χ4n) is 2.16. The number of nitro benzene ring substituents is 1. The minimum absolute atomic E-state index is 0.0131. The first-order chi connectivity index (χ1) is 8.59. The SMILES string of the molecule is O=C1CCNCC1Cc1c(Cl)cccc1[N+](=O)[O-]. The summed E-state index contributed by atoms with van der Waals surface area (Å²) >= 11 is 6.00. The van der Waals surface area contributed by atoms with Crippen molar-refractivity contribution < 1.29 is 9.72 Å². The van der Waals surface area contributed by atoms with E-state index in [4.69, 9.17) is 11.6 Å². The van der Waals surface area contributed by atoms with Crippen LogP contribution in [-0.2, 0) is 11.2 Å². The number of piperidine rings is 1. The van der Waals surface area contributed by atoms with Crippen molar-refractivity contribution in [1.82, 2.24) is 5.32 Å². The van der Waals surface area contributed by atoms with Gasteiger partial charge < -0.3 is 5.32 Å². The molecule has 1 aromatic carbocycles. The van der Waals surface area contributed by atoms with Crippen LogP contribution in [0.25, 0.3) is 0 Å². The summed E-state index contributed by atoms with van der Waals surface area (Å²) in [5, 5.41) is 14.4. The molecular weight excluding hydrogens is 256 g/mol. The van der Waals surface area contributed by atoms with E-state index in [2.05, 4.69) is 5.32 Å². The molecule has 1 fully saturated rings. The molecule has 0 bridgehead atoms. The fraction of sp³-hybridized carbons (Fsp3) is 0.417. The Morgan fingerprint density at radius 3 is 2.94 bits per heavy atom. The molecule has 0 spiro atoms. The number of benzene rings is 1. The number of ketones is 1. The third-order valence-corrected chi connectivity index (χ3v) is 3.49. The lowest BCUT2D eigenvalue weighted by Gasteiger charge is -2.21. The van der Waals surface area contributed by atoms with E-state index in [1.54, 1.807) is 12.1 Å². The van der Waals surface area contributed by atoms with Gasteiger partial charge in [-0.3, -0.25) is 14.9 Å². The zero-order valence-corrected chi connectivity index (χ0v) is 10.4. The number of rotatable bonds is 3. The van der Waals surface area contributed by atoms with Crippen molar-refractivity contribution in [1.29, 1.82) is 0 Å². The number of Topliss-reactive ketones (excluding diaryl/α,β-unsaturated/α-hetero) is 1. The lowest BCUT2D eigenvalue weighted by Crippen LogP contribution is -2.38.